The van der Waals surface area contributed by atoms with Gasteiger partial charge in [0.2, 0.25) is 0 Å². The smallest absolute Gasteiger partial charge is 0.191 e. The predicted molar refractivity (Wildman–Crippen MR) is 132 cm³/mol. The third-order valence-corrected chi connectivity index (χ3v) is 5.52. The monoisotopic (exact) mass is 519 g/mol. The number of imidazole rings is 1. The van der Waals surface area contributed by atoms with Gasteiger partial charge in [-0.25, -0.2) is 4.98 Å². The van der Waals surface area contributed by atoms with E-state index >= 15 is 0 Å². The van der Waals surface area contributed by atoms with E-state index in [4.69, 9.17) is 4.74 Å². The summed E-state index contributed by atoms with van der Waals surface area (Å²) in [6.45, 7) is 5.32. The molecule has 0 spiro atoms. The lowest BCUT2D eigenvalue weighted by Gasteiger charge is -2.24. The Morgan fingerprint density at radius 2 is 1.90 bits per heavy atom. The highest BCUT2D eigenvalue weighted by molar-refractivity contribution is 14.0. The van der Waals surface area contributed by atoms with Gasteiger partial charge in [0, 0.05) is 33.3 Å². The van der Waals surface area contributed by atoms with Crippen LogP contribution in [0.1, 0.15) is 30.9 Å². The van der Waals surface area contributed by atoms with Crippen LogP contribution in [0.4, 0.5) is 0 Å². The molecule has 1 aliphatic rings. The maximum Gasteiger partial charge on any atom is 0.191 e. The maximum absolute atomic E-state index is 5.83. The van der Waals surface area contributed by atoms with Gasteiger partial charge < -0.3 is 19.9 Å². The van der Waals surface area contributed by atoms with E-state index in [9.17, 15) is 0 Å². The zero-order valence-electron chi connectivity index (χ0n) is 17.6. The third kappa shape index (κ3) is 5.51. The number of guanidine groups is 1. The second kappa shape index (κ2) is 10.3. The molecule has 1 unspecified atom stereocenters. The number of fused-ring (bicyclic) bond motifs is 1. The fourth-order valence-electron chi connectivity index (χ4n) is 3.75. The van der Waals surface area contributed by atoms with E-state index in [-0.39, 0.29) is 29.6 Å². The first-order valence-corrected chi connectivity index (χ1v) is 10.2. The Morgan fingerprint density at radius 1 is 1.13 bits per heavy atom. The molecule has 30 heavy (non-hydrogen) atoms. The molecule has 2 N–H and O–H groups in total. The molecule has 7 heteroatoms. The summed E-state index contributed by atoms with van der Waals surface area (Å²) >= 11 is 0. The van der Waals surface area contributed by atoms with E-state index in [1.165, 1.54) is 11.1 Å². The molecule has 2 heterocycles. The van der Waals surface area contributed by atoms with E-state index in [2.05, 4.69) is 68.5 Å². The van der Waals surface area contributed by atoms with E-state index in [0.29, 0.717) is 0 Å². The van der Waals surface area contributed by atoms with Gasteiger partial charge in [0.1, 0.15) is 0 Å². The molecule has 4 rings (SSSR count). The topological polar surface area (TPSA) is 63.5 Å². The lowest BCUT2D eigenvalue weighted by Crippen LogP contribution is -2.45. The van der Waals surface area contributed by atoms with Gasteiger partial charge in [-0.1, -0.05) is 36.4 Å². The summed E-state index contributed by atoms with van der Waals surface area (Å²) < 4.78 is 8.01. The predicted octanol–water partition coefficient (Wildman–Crippen LogP) is 3.94. The van der Waals surface area contributed by atoms with Crippen molar-refractivity contribution in [3.8, 4) is 0 Å². The average Bonchev–Trinajstić information content (AvgIpc) is 3.36. The van der Waals surface area contributed by atoms with Crippen molar-refractivity contribution in [1.29, 1.82) is 0 Å². The Balaban J connectivity index is 0.00000256. The molecule has 0 bridgehead atoms. The number of nitrogens with zero attached hydrogens (tertiary/aromatic N) is 3. The second-order valence-corrected chi connectivity index (χ2v) is 7.86. The molecule has 2 aromatic carbocycles. The number of para-hydroxylation sites is 2. The molecule has 0 saturated carbocycles. The van der Waals surface area contributed by atoms with Crippen molar-refractivity contribution in [3.05, 3.63) is 66.0 Å². The van der Waals surface area contributed by atoms with E-state index in [0.717, 1.165) is 56.1 Å². The summed E-state index contributed by atoms with van der Waals surface area (Å²) in [5.41, 5.74) is 4.58. The molecule has 0 aliphatic carbocycles. The summed E-state index contributed by atoms with van der Waals surface area (Å²) in [5, 5.41) is 6.77. The largest absolute Gasteiger partial charge is 0.373 e. The van der Waals surface area contributed by atoms with Gasteiger partial charge in [-0.3, -0.25) is 4.99 Å². The van der Waals surface area contributed by atoms with Crippen LogP contribution in [-0.2, 0) is 17.8 Å². The first kappa shape index (κ1) is 22.6. The Kier molecular flexibility index (Phi) is 7.71. The average molecular weight is 519 g/mol. The molecule has 160 valence electrons. The van der Waals surface area contributed by atoms with Crippen LogP contribution < -0.4 is 10.6 Å². The van der Waals surface area contributed by atoms with E-state index in [1.807, 2.05) is 18.5 Å². The van der Waals surface area contributed by atoms with Gasteiger partial charge in [-0.2, -0.15) is 0 Å². The van der Waals surface area contributed by atoms with Gasteiger partial charge in [-0.05, 0) is 43.0 Å². The Bertz CT molecular complexity index is 977. The summed E-state index contributed by atoms with van der Waals surface area (Å²) in [4.78, 5) is 8.79. The van der Waals surface area contributed by atoms with Crippen LogP contribution in [0.2, 0.25) is 0 Å². The lowest BCUT2D eigenvalue weighted by molar-refractivity contribution is 0.0243. The third-order valence-electron chi connectivity index (χ3n) is 5.52. The second-order valence-electron chi connectivity index (χ2n) is 7.86. The highest BCUT2D eigenvalue weighted by Crippen LogP contribution is 2.23. The molecular formula is C23H30IN5O. The van der Waals surface area contributed by atoms with E-state index < -0.39 is 0 Å². The summed E-state index contributed by atoms with van der Waals surface area (Å²) in [7, 11) is 1.80. The van der Waals surface area contributed by atoms with Crippen LogP contribution in [0.25, 0.3) is 11.0 Å². The minimum Gasteiger partial charge on any atom is -0.373 e. The van der Waals surface area contributed by atoms with Crippen LogP contribution in [0.15, 0.2) is 59.9 Å². The van der Waals surface area contributed by atoms with Crippen molar-refractivity contribution >= 4 is 41.0 Å². The summed E-state index contributed by atoms with van der Waals surface area (Å²) in [5.74, 6) is 0.802. The number of halogens is 1. The minimum absolute atomic E-state index is 0. The number of nitrogens with one attached hydrogen (secondary N) is 2. The molecule has 3 aromatic rings. The van der Waals surface area contributed by atoms with Gasteiger partial charge in [-0.15, -0.1) is 24.0 Å². The number of hydrogen-bond donors (Lipinski definition) is 2. The lowest BCUT2D eigenvalue weighted by atomic mass is 10.0. The van der Waals surface area contributed by atoms with Crippen molar-refractivity contribution in [2.75, 3.05) is 20.2 Å². The first-order valence-electron chi connectivity index (χ1n) is 10.2. The Hall–Kier alpha value is -2.13. The summed E-state index contributed by atoms with van der Waals surface area (Å²) in [6, 6.07) is 16.9. The fraction of sp³-hybridized carbons (Fsp3) is 0.391. The zero-order valence-corrected chi connectivity index (χ0v) is 19.9. The van der Waals surface area contributed by atoms with Gasteiger partial charge in [0.25, 0.3) is 0 Å². The van der Waals surface area contributed by atoms with Gasteiger partial charge >= 0.3 is 0 Å². The normalized spacial score (nSPS) is 18.9. The van der Waals surface area contributed by atoms with Crippen molar-refractivity contribution in [3.63, 3.8) is 0 Å². The summed E-state index contributed by atoms with van der Waals surface area (Å²) in [6.07, 6.45) is 4.13. The van der Waals surface area contributed by atoms with Crippen LogP contribution in [0.3, 0.4) is 0 Å². The molecule has 1 atom stereocenters. The number of ether oxygens (including phenoxy) is 1. The molecule has 1 fully saturated rings. The molecule has 6 nitrogen and oxygen atoms in total. The SMILES string of the molecule is CN=C(NCc1ccc(Cn2cnc3ccccc32)cc1)NCC1(C)CCCO1.I. The van der Waals surface area contributed by atoms with Crippen LogP contribution in [-0.4, -0.2) is 41.3 Å². The zero-order chi connectivity index (χ0) is 20.1. The van der Waals surface area contributed by atoms with Crippen molar-refractivity contribution in [1.82, 2.24) is 20.2 Å². The number of rotatable bonds is 6. The number of hydrogen-bond acceptors (Lipinski definition) is 3. The molecule has 0 amide bonds. The quantitative estimate of drug-likeness (QED) is 0.294. The Labute approximate surface area is 195 Å². The molecule has 0 radical (unpaired) electrons. The maximum atomic E-state index is 5.83. The molecular weight excluding hydrogens is 489 g/mol. The molecule has 1 aliphatic heterocycles. The highest BCUT2D eigenvalue weighted by atomic mass is 127. The number of aliphatic imine (C=N–C) groups is 1. The van der Waals surface area contributed by atoms with Crippen LogP contribution in [0.5, 0.6) is 0 Å². The Morgan fingerprint density at radius 3 is 2.63 bits per heavy atom. The standard InChI is InChI=1S/C23H29N5O.HI/c1-23(12-5-13-29-23)16-26-22(24-2)25-14-18-8-10-19(11-9-18)15-28-17-27-20-6-3-4-7-21(20)28;/h3-4,6-11,17H,5,12-16H2,1-2H3,(H2,24,25,26);1H. The van der Waals surface area contributed by atoms with E-state index in [1.54, 1.807) is 7.05 Å². The molecule has 1 saturated heterocycles. The minimum atomic E-state index is -0.0865. The van der Waals surface area contributed by atoms with Crippen molar-refractivity contribution in [2.45, 2.75) is 38.5 Å². The number of benzene rings is 2. The number of aromatic nitrogens is 2. The molecule has 1 aromatic heterocycles. The first-order chi connectivity index (χ1) is 14.1. The van der Waals surface area contributed by atoms with Crippen LogP contribution >= 0.6 is 24.0 Å². The van der Waals surface area contributed by atoms with Crippen LogP contribution in [0, 0.1) is 0 Å². The van der Waals surface area contributed by atoms with Gasteiger partial charge in [0.05, 0.1) is 23.0 Å². The van der Waals surface area contributed by atoms with Crippen molar-refractivity contribution < 1.29 is 4.74 Å². The highest BCUT2D eigenvalue weighted by Gasteiger charge is 2.29. The van der Waals surface area contributed by atoms with Crippen molar-refractivity contribution in [2.24, 2.45) is 4.99 Å². The fourth-order valence-corrected chi connectivity index (χ4v) is 3.75. The van der Waals surface area contributed by atoms with Gasteiger partial charge in [0.15, 0.2) is 5.96 Å².